The summed E-state index contributed by atoms with van der Waals surface area (Å²) in [6, 6.07) is 14.4. The number of hydrogen-bond acceptors (Lipinski definition) is 6. The molecule has 3 aliphatic rings. The lowest BCUT2D eigenvalue weighted by Gasteiger charge is -2.58. The van der Waals surface area contributed by atoms with Crippen LogP contribution in [0.1, 0.15) is 18.4 Å². The van der Waals surface area contributed by atoms with Crippen LogP contribution in [-0.4, -0.2) is 38.3 Å². The number of sulfone groups is 1. The Morgan fingerprint density at radius 1 is 1.19 bits per heavy atom. The van der Waals surface area contributed by atoms with Crippen molar-refractivity contribution in [2.24, 2.45) is 11.3 Å². The zero-order valence-corrected chi connectivity index (χ0v) is 17.9. The topological polar surface area (TPSA) is 84.9 Å². The van der Waals surface area contributed by atoms with Crippen LogP contribution in [-0.2, 0) is 21.2 Å². The van der Waals surface area contributed by atoms with Crippen LogP contribution in [0.3, 0.4) is 0 Å². The van der Waals surface area contributed by atoms with Crippen molar-refractivity contribution in [1.29, 1.82) is 0 Å². The predicted octanol–water partition coefficient (Wildman–Crippen LogP) is 3.78. The van der Waals surface area contributed by atoms with Gasteiger partial charge in [0.15, 0.2) is 21.5 Å². The summed E-state index contributed by atoms with van der Waals surface area (Å²) in [6.45, 7) is 5.22. The summed E-state index contributed by atoms with van der Waals surface area (Å²) >= 11 is 0. The zero-order chi connectivity index (χ0) is 21.6. The maximum Gasteiger partial charge on any atom is 0.410 e. The molecule has 5 rings (SSSR count). The van der Waals surface area contributed by atoms with Crippen molar-refractivity contribution < 1.29 is 22.7 Å². The van der Waals surface area contributed by atoms with Gasteiger partial charge in [0.05, 0.1) is 16.3 Å². The van der Waals surface area contributed by atoms with Crippen LogP contribution in [0.5, 0.6) is 5.75 Å². The molecule has 2 fully saturated rings. The Kier molecular flexibility index (Phi) is 4.69. The smallest absolute Gasteiger partial charge is 0.410 e. The average molecular weight is 441 g/mol. The molecule has 2 aromatic rings. The van der Waals surface area contributed by atoms with E-state index < -0.39 is 9.84 Å². The van der Waals surface area contributed by atoms with Gasteiger partial charge in [-0.05, 0) is 43.0 Å². The first-order valence-electron chi connectivity index (χ1n) is 10.3. The van der Waals surface area contributed by atoms with E-state index in [9.17, 15) is 13.2 Å². The predicted molar refractivity (Wildman–Crippen MR) is 115 cm³/mol. The Morgan fingerprint density at radius 3 is 2.68 bits per heavy atom. The van der Waals surface area contributed by atoms with E-state index >= 15 is 0 Å². The minimum Gasteiger partial charge on any atom is -0.445 e. The Bertz CT molecular complexity index is 1130. The van der Waals surface area contributed by atoms with Gasteiger partial charge >= 0.3 is 6.09 Å². The minimum absolute atomic E-state index is 0.0503. The number of carbonyl (C=O) groups is 1. The number of benzene rings is 2. The fourth-order valence-corrected chi connectivity index (χ4v) is 6.45. The molecule has 162 valence electrons. The van der Waals surface area contributed by atoms with Gasteiger partial charge in [-0.2, -0.15) is 0 Å². The van der Waals surface area contributed by atoms with Crippen molar-refractivity contribution >= 4 is 21.6 Å². The Hall–Kier alpha value is -3.00. The summed E-state index contributed by atoms with van der Waals surface area (Å²) in [4.78, 5) is 14.2. The van der Waals surface area contributed by atoms with E-state index in [1.54, 1.807) is 23.1 Å². The van der Waals surface area contributed by atoms with Gasteiger partial charge in [-0.25, -0.2) is 13.2 Å². The number of hydrogen-bond donors (Lipinski definition) is 1. The third kappa shape index (κ3) is 3.87. The highest BCUT2D eigenvalue weighted by Crippen LogP contribution is 2.52. The second-order valence-electron chi connectivity index (χ2n) is 8.76. The van der Waals surface area contributed by atoms with Crippen molar-refractivity contribution in [3.8, 4) is 5.75 Å². The van der Waals surface area contributed by atoms with Crippen molar-refractivity contribution in [3.05, 3.63) is 66.6 Å². The summed E-state index contributed by atoms with van der Waals surface area (Å²) < 4.78 is 36.5. The molecular weight excluding hydrogens is 416 g/mol. The number of likely N-dealkylation sites (tertiary alicyclic amines) is 1. The van der Waals surface area contributed by atoms with Gasteiger partial charge in [-0.3, -0.25) is 0 Å². The molecule has 0 bridgehead atoms. The number of ether oxygens (including phenoxy) is 2. The number of rotatable bonds is 5. The summed E-state index contributed by atoms with van der Waals surface area (Å²) in [5, 5.41) is 2.94. The number of amides is 1. The van der Waals surface area contributed by atoms with Crippen molar-refractivity contribution in [3.63, 3.8) is 0 Å². The first-order valence-corrected chi connectivity index (χ1v) is 11.9. The van der Waals surface area contributed by atoms with E-state index in [-0.39, 0.29) is 34.7 Å². The fraction of sp³-hybridized carbons (Fsp3) is 0.348. The van der Waals surface area contributed by atoms with Gasteiger partial charge in [-0.15, -0.1) is 0 Å². The quantitative estimate of drug-likeness (QED) is 0.762. The standard InChI is InChI=1S/C23H24N2O5S/c1-16-24-20-8-7-19(9-21(20)30-16)31(27,28)13-18-10-23(11-18)14-25(15-23)22(26)29-12-17-5-3-2-4-6-17/h2-9,18,24H,1,10-15H2. The van der Waals surface area contributed by atoms with Crippen LogP contribution in [0.25, 0.3) is 0 Å². The lowest BCUT2D eigenvalue weighted by Crippen LogP contribution is -2.64. The monoisotopic (exact) mass is 440 g/mol. The SMILES string of the molecule is C=C1Nc2ccc(S(=O)(=O)CC3CC4(C3)CN(C(=O)OCc3ccccc3)C4)cc2O1. The number of fused-ring (bicyclic) bond motifs is 1. The van der Waals surface area contributed by atoms with Crippen molar-refractivity contribution in [2.45, 2.75) is 24.3 Å². The van der Waals surface area contributed by atoms with Gasteiger partial charge in [0.25, 0.3) is 0 Å². The normalized spacial score (nSPS) is 19.1. The number of carbonyl (C=O) groups excluding carboxylic acids is 1. The molecule has 1 aliphatic carbocycles. The molecule has 2 heterocycles. The van der Waals surface area contributed by atoms with Gasteiger partial charge in [0, 0.05) is 24.6 Å². The van der Waals surface area contributed by atoms with Gasteiger partial charge in [0.2, 0.25) is 0 Å². The zero-order valence-electron chi connectivity index (χ0n) is 17.0. The Morgan fingerprint density at radius 2 is 1.94 bits per heavy atom. The minimum atomic E-state index is -3.41. The van der Waals surface area contributed by atoms with Gasteiger partial charge in [-0.1, -0.05) is 30.3 Å². The second-order valence-corrected chi connectivity index (χ2v) is 10.8. The summed E-state index contributed by atoms with van der Waals surface area (Å²) in [5.74, 6) is 1.09. The average Bonchev–Trinajstić information content (AvgIpc) is 3.07. The largest absolute Gasteiger partial charge is 0.445 e. The lowest BCUT2D eigenvalue weighted by molar-refractivity contribution is -0.0798. The van der Waals surface area contributed by atoms with Gasteiger partial charge < -0.3 is 19.7 Å². The first-order chi connectivity index (χ1) is 14.8. The van der Waals surface area contributed by atoms with Crippen LogP contribution in [0.4, 0.5) is 10.5 Å². The van der Waals surface area contributed by atoms with E-state index in [1.165, 1.54) is 0 Å². The fourth-order valence-electron chi connectivity index (χ4n) is 4.84. The molecule has 0 aromatic heterocycles. The molecule has 31 heavy (non-hydrogen) atoms. The maximum absolute atomic E-state index is 12.8. The van der Waals surface area contributed by atoms with Crippen LogP contribution >= 0.6 is 0 Å². The highest BCUT2D eigenvalue weighted by Gasteiger charge is 2.54. The molecule has 1 spiro atoms. The van der Waals surface area contributed by atoms with Crippen LogP contribution in [0.2, 0.25) is 0 Å². The third-order valence-electron chi connectivity index (χ3n) is 6.23. The molecule has 1 saturated carbocycles. The third-order valence-corrected chi connectivity index (χ3v) is 8.12. The highest BCUT2D eigenvalue weighted by atomic mass is 32.2. The maximum atomic E-state index is 12.8. The summed E-state index contributed by atoms with van der Waals surface area (Å²) in [5.41, 5.74) is 1.73. The molecule has 0 unspecified atom stereocenters. The molecular formula is C23H24N2O5S. The lowest BCUT2D eigenvalue weighted by atomic mass is 9.58. The Balaban J connectivity index is 1.11. The second kappa shape index (κ2) is 7.30. The molecule has 0 radical (unpaired) electrons. The molecule has 1 saturated heterocycles. The molecule has 2 aromatic carbocycles. The van der Waals surface area contributed by atoms with Crippen molar-refractivity contribution in [1.82, 2.24) is 4.90 Å². The molecule has 0 atom stereocenters. The van der Waals surface area contributed by atoms with Crippen molar-refractivity contribution in [2.75, 3.05) is 24.2 Å². The molecule has 1 amide bonds. The number of anilines is 1. The molecule has 8 heteroatoms. The molecule has 7 nitrogen and oxygen atoms in total. The van der Waals surface area contributed by atoms with E-state index in [2.05, 4.69) is 11.9 Å². The Labute approximate surface area is 181 Å². The van der Waals surface area contributed by atoms with E-state index in [0.717, 1.165) is 24.1 Å². The van der Waals surface area contributed by atoms with E-state index in [1.807, 2.05) is 30.3 Å². The molecule has 1 N–H and O–H groups in total. The first kappa shape index (κ1) is 19.9. The van der Waals surface area contributed by atoms with E-state index in [4.69, 9.17) is 9.47 Å². The highest BCUT2D eigenvalue weighted by molar-refractivity contribution is 7.91. The van der Waals surface area contributed by atoms with Crippen LogP contribution < -0.4 is 10.1 Å². The van der Waals surface area contributed by atoms with E-state index in [0.29, 0.717) is 24.7 Å². The number of nitrogens with zero attached hydrogens (tertiary/aromatic N) is 1. The van der Waals surface area contributed by atoms with Gasteiger partial charge in [0.1, 0.15) is 6.61 Å². The molecule has 2 aliphatic heterocycles. The summed E-state index contributed by atoms with van der Waals surface area (Å²) in [7, 11) is -3.41. The van der Waals surface area contributed by atoms with Crippen LogP contribution in [0.15, 0.2) is 65.9 Å². The summed E-state index contributed by atoms with van der Waals surface area (Å²) in [6.07, 6.45) is 1.32. The number of nitrogens with one attached hydrogen (secondary N) is 1. The van der Waals surface area contributed by atoms with Crippen LogP contribution in [0, 0.1) is 11.3 Å².